The molecule has 0 aliphatic carbocycles. The van der Waals surface area contributed by atoms with E-state index >= 15 is 0 Å². The molecule has 0 bridgehead atoms. The second-order valence-electron chi connectivity index (χ2n) is 9.95. The Morgan fingerprint density at radius 3 is 2.64 bits per heavy atom. The number of benzene rings is 1. The maximum atomic E-state index is 13.2. The van der Waals surface area contributed by atoms with Gasteiger partial charge in [-0.05, 0) is 62.2 Å². The summed E-state index contributed by atoms with van der Waals surface area (Å²) in [5, 5.41) is 6.14. The van der Waals surface area contributed by atoms with Gasteiger partial charge in [0.2, 0.25) is 0 Å². The van der Waals surface area contributed by atoms with Crippen molar-refractivity contribution in [3.8, 4) is 11.5 Å². The number of piperidine rings is 1. The number of halogens is 2. The molecular formula is C26H32Cl2N4O6S. The Morgan fingerprint density at radius 1 is 1.15 bits per heavy atom. The van der Waals surface area contributed by atoms with Crippen LogP contribution in [0.3, 0.4) is 0 Å². The minimum absolute atomic E-state index is 0. The van der Waals surface area contributed by atoms with Crippen LogP contribution >= 0.6 is 24.8 Å². The number of para-hydroxylation sites is 2. The average molecular weight is 600 g/mol. The Balaban J connectivity index is 0.00000176. The Hall–Kier alpha value is -2.70. The zero-order valence-electron chi connectivity index (χ0n) is 21.1. The summed E-state index contributed by atoms with van der Waals surface area (Å²) in [6.07, 6.45) is 8.58. The molecule has 212 valence electrons. The summed E-state index contributed by atoms with van der Waals surface area (Å²) in [7, 11) is -4.62. The van der Waals surface area contributed by atoms with E-state index in [0.29, 0.717) is 25.4 Å². The summed E-state index contributed by atoms with van der Waals surface area (Å²) in [5.74, 6) is 2.11. The highest BCUT2D eigenvalue weighted by molar-refractivity contribution is 7.90. The van der Waals surface area contributed by atoms with Gasteiger partial charge in [0.05, 0.1) is 17.3 Å². The standard InChI is InChI=1S/C26H30N4O6S.2ClH/c31-26(20-12-18-14-27-24-7-3-4-21(30(18)24)25(20)37(32,33)34)28-13-17-8-10-29(11-9-17)15-19-16-35-22-5-1-2-6-23(22)36-19;;/h1-7,12,17-19,27H,8-11,13-16H2,(H,28,31)(H,32,33,34);2*1H. The molecule has 0 saturated carbocycles. The van der Waals surface area contributed by atoms with Crippen molar-refractivity contribution in [1.82, 2.24) is 20.4 Å². The van der Waals surface area contributed by atoms with E-state index in [0.717, 1.165) is 49.8 Å². The summed E-state index contributed by atoms with van der Waals surface area (Å²) in [6.45, 7) is 4.06. The molecular weight excluding hydrogens is 567 g/mol. The number of fused-ring (bicyclic) bond motifs is 1. The Morgan fingerprint density at radius 2 is 1.90 bits per heavy atom. The van der Waals surface area contributed by atoms with E-state index in [1.807, 2.05) is 30.3 Å². The lowest BCUT2D eigenvalue weighted by atomic mass is 9.96. The SMILES string of the molecule is Cl.Cl.O=C(NCC1CCN(CC2COc3ccccc3O2)CC1)C1=CC2CNC3=CC=CC(=C1S(=O)(=O)O)N32. The van der Waals surface area contributed by atoms with E-state index in [9.17, 15) is 17.8 Å². The lowest BCUT2D eigenvalue weighted by Gasteiger charge is -2.36. The number of carbonyl (C=O) groups excluding carboxylic acids is 1. The molecule has 2 saturated heterocycles. The molecule has 10 nitrogen and oxygen atoms in total. The highest BCUT2D eigenvalue weighted by Crippen LogP contribution is 2.37. The van der Waals surface area contributed by atoms with Crippen LogP contribution in [0.5, 0.6) is 11.5 Å². The number of allylic oxidation sites excluding steroid dienone is 3. The van der Waals surface area contributed by atoms with Crippen molar-refractivity contribution in [2.75, 3.05) is 39.3 Å². The van der Waals surface area contributed by atoms with Crippen molar-refractivity contribution in [3.63, 3.8) is 0 Å². The van der Waals surface area contributed by atoms with Gasteiger partial charge in [-0.15, -0.1) is 24.8 Å². The Kier molecular flexibility index (Phi) is 8.87. The lowest BCUT2D eigenvalue weighted by molar-refractivity contribution is -0.117. The first kappa shape index (κ1) is 29.3. The average Bonchev–Trinajstić information content (AvgIpc) is 3.31. The first-order valence-electron chi connectivity index (χ1n) is 12.6. The van der Waals surface area contributed by atoms with E-state index < -0.39 is 16.0 Å². The van der Waals surface area contributed by atoms with Gasteiger partial charge in [-0.2, -0.15) is 8.42 Å². The van der Waals surface area contributed by atoms with Crippen LogP contribution in [0.4, 0.5) is 0 Å². The van der Waals surface area contributed by atoms with Gasteiger partial charge >= 0.3 is 0 Å². The molecule has 2 unspecified atom stereocenters. The number of hydrogen-bond donors (Lipinski definition) is 3. The van der Waals surface area contributed by atoms with Crippen LogP contribution in [0, 0.1) is 5.92 Å². The topological polar surface area (TPSA) is 120 Å². The Labute approximate surface area is 240 Å². The van der Waals surface area contributed by atoms with Crippen molar-refractivity contribution in [3.05, 3.63) is 70.6 Å². The van der Waals surface area contributed by atoms with Crippen molar-refractivity contribution in [2.24, 2.45) is 5.92 Å². The number of likely N-dealkylation sites (tertiary alicyclic amines) is 1. The fourth-order valence-corrected chi connectivity index (χ4v) is 6.51. The molecule has 0 radical (unpaired) electrons. The first-order valence-corrected chi connectivity index (χ1v) is 14.1. The zero-order chi connectivity index (χ0) is 25.6. The van der Waals surface area contributed by atoms with Crippen LogP contribution in [-0.4, -0.2) is 80.2 Å². The van der Waals surface area contributed by atoms with Crippen LogP contribution in [-0.2, 0) is 14.9 Å². The number of ether oxygens (including phenoxy) is 2. The van der Waals surface area contributed by atoms with Gasteiger partial charge < -0.3 is 25.0 Å². The van der Waals surface area contributed by atoms with Crippen LogP contribution in [0.2, 0.25) is 0 Å². The summed E-state index contributed by atoms with van der Waals surface area (Å²) >= 11 is 0. The van der Waals surface area contributed by atoms with Crippen LogP contribution in [0.25, 0.3) is 0 Å². The molecule has 1 aromatic carbocycles. The molecule has 0 spiro atoms. The first-order chi connectivity index (χ1) is 17.9. The second-order valence-corrected chi connectivity index (χ2v) is 11.3. The van der Waals surface area contributed by atoms with Crippen LogP contribution in [0.1, 0.15) is 12.8 Å². The van der Waals surface area contributed by atoms with E-state index in [-0.39, 0.29) is 53.4 Å². The van der Waals surface area contributed by atoms with E-state index in [1.165, 1.54) is 0 Å². The molecule has 6 rings (SSSR count). The minimum Gasteiger partial charge on any atom is -0.486 e. The van der Waals surface area contributed by atoms with Crippen molar-refractivity contribution in [1.29, 1.82) is 0 Å². The molecule has 2 atom stereocenters. The van der Waals surface area contributed by atoms with Crippen LogP contribution < -0.4 is 20.1 Å². The fraction of sp³-hybridized carbons (Fsp3) is 0.423. The van der Waals surface area contributed by atoms with Crippen molar-refractivity contribution < 1.29 is 27.2 Å². The largest absolute Gasteiger partial charge is 0.486 e. The molecule has 2 fully saturated rings. The van der Waals surface area contributed by atoms with Gasteiger partial charge in [-0.25, -0.2) is 0 Å². The molecule has 5 aliphatic rings. The molecule has 13 heteroatoms. The maximum Gasteiger partial charge on any atom is 0.297 e. The number of hydrogen-bond acceptors (Lipinski definition) is 8. The third-order valence-electron chi connectivity index (χ3n) is 7.48. The summed E-state index contributed by atoms with van der Waals surface area (Å²) in [4.78, 5) is 17.0. The third-order valence-corrected chi connectivity index (χ3v) is 8.42. The van der Waals surface area contributed by atoms with Gasteiger partial charge in [-0.3, -0.25) is 14.2 Å². The lowest BCUT2D eigenvalue weighted by Crippen LogP contribution is -2.45. The van der Waals surface area contributed by atoms with Crippen molar-refractivity contribution >= 4 is 40.8 Å². The molecule has 0 aromatic heterocycles. The molecule has 5 heterocycles. The molecule has 3 N–H and O–H groups in total. The summed E-state index contributed by atoms with van der Waals surface area (Å²) < 4.78 is 46.5. The van der Waals surface area contributed by atoms with Gasteiger partial charge in [0, 0.05) is 19.6 Å². The summed E-state index contributed by atoms with van der Waals surface area (Å²) in [5.41, 5.74) is 0.313. The number of nitrogens with one attached hydrogen (secondary N) is 2. The number of nitrogens with zero attached hydrogens (tertiary/aromatic N) is 2. The van der Waals surface area contributed by atoms with E-state index in [2.05, 4.69) is 15.5 Å². The van der Waals surface area contributed by atoms with Crippen LogP contribution in [0.15, 0.2) is 70.6 Å². The smallest absolute Gasteiger partial charge is 0.297 e. The summed E-state index contributed by atoms with van der Waals surface area (Å²) in [6, 6.07) is 7.49. The van der Waals surface area contributed by atoms with E-state index in [1.54, 1.807) is 23.1 Å². The highest BCUT2D eigenvalue weighted by Gasteiger charge is 2.41. The minimum atomic E-state index is -4.62. The third kappa shape index (κ3) is 5.92. The van der Waals surface area contributed by atoms with Crippen molar-refractivity contribution in [2.45, 2.75) is 25.0 Å². The number of rotatable bonds is 6. The van der Waals surface area contributed by atoms with Gasteiger partial charge in [-0.1, -0.05) is 18.2 Å². The maximum absolute atomic E-state index is 13.2. The fourth-order valence-electron chi connectivity index (χ4n) is 5.64. The second kappa shape index (κ2) is 11.8. The zero-order valence-corrected chi connectivity index (χ0v) is 23.6. The Bertz CT molecular complexity index is 1340. The number of amides is 1. The molecule has 1 amide bonds. The quantitative estimate of drug-likeness (QED) is 0.423. The predicted octanol–water partition coefficient (Wildman–Crippen LogP) is 2.22. The molecule has 5 aliphatic heterocycles. The highest BCUT2D eigenvalue weighted by atomic mass is 35.5. The molecule has 39 heavy (non-hydrogen) atoms. The number of carbonyl (C=O) groups is 1. The predicted molar refractivity (Wildman–Crippen MR) is 151 cm³/mol. The van der Waals surface area contributed by atoms with Gasteiger partial charge in [0.1, 0.15) is 23.4 Å². The van der Waals surface area contributed by atoms with Gasteiger partial charge in [0.15, 0.2) is 11.5 Å². The normalized spacial score (nSPS) is 24.0. The van der Waals surface area contributed by atoms with E-state index in [4.69, 9.17) is 9.47 Å². The monoisotopic (exact) mass is 598 g/mol. The molecule has 1 aromatic rings. The van der Waals surface area contributed by atoms with Gasteiger partial charge in [0.25, 0.3) is 16.0 Å².